The molecule has 0 spiro atoms. The molecule has 7 heteroatoms. The minimum atomic E-state index is -1.18. The molecule has 0 aromatic rings. The third kappa shape index (κ3) is 3.10. The van der Waals surface area contributed by atoms with Crippen LogP contribution >= 0.6 is 0 Å². The lowest BCUT2D eigenvalue weighted by Gasteiger charge is -2.23. The standard InChI is InChI=1S/C12H18N2O5/c1-3-12(4-2)5-9(16)14(11(12)19)7-8(15)13-6-10(17)18/h3-7H2,1-2H3,(H,13,15)(H,17,18). The number of amides is 3. The van der Waals surface area contributed by atoms with Crippen molar-refractivity contribution in [3.63, 3.8) is 0 Å². The van der Waals surface area contributed by atoms with Crippen LogP contribution in [0.2, 0.25) is 0 Å². The number of likely N-dealkylation sites (tertiary alicyclic amines) is 1. The lowest BCUT2D eigenvalue weighted by atomic mass is 9.81. The Morgan fingerprint density at radius 2 is 1.89 bits per heavy atom. The number of hydrogen-bond donors (Lipinski definition) is 2. The highest BCUT2D eigenvalue weighted by Gasteiger charge is 2.49. The van der Waals surface area contributed by atoms with Crippen LogP contribution in [0.1, 0.15) is 33.1 Å². The molecule has 1 saturated heterocycles. The number of carboxylic acid groups (broad SMARTS) is 1. The Balaban J connectivity index is 2.69. The second-order valence-electron chi connectivity index (χ2n) is 4.62. The monoisotopic (exact) mass is 270 g/mol. The third-order valence-corrected chi connectivity index (χ3v) is 3.58. The predicted molar refractivity (Wildman–Crippen MR) is 65.0 cm³/mol. The van der Waals surface area contributed by atoms with Crippen LogP contribution < -0.4 is 5.32 Å². The molecule has 3 amide bonds. The number of hydrogen-bond acceptors (Lipinski definition) is 4. The normalized spacial score (nSPS) is 17.7. The van der Waals surface area contributed by atoms with Crippen molar-refractivity contribution >= 4 is 23.7 Å². The number of carbonyl (C=O) groups excluding carboxylic acids is 3. The summed E-state index contributed by atoms with van der Waals surface area (Å²) in [6, 6.07) is 0. The zero-order valence-electron chi connectivity index (χ0n) is 11.1. The van der Waals surface area contributed by atoms with Gasteiger partial charge in [-0.1, -0.05) is 13.8 Å². The van der Waals surface area contributed by atoms with Crippen LogP contribution in [-0.4, -0.2) is 46.8 Å². The molecular formula is C12H18N2O5. The van der Waals surface area contributed by atoms with E-state index in [1.807, 2.05) is 13.8 Å². The van der Waals surface area contributed by atoms with Gasteiger partial charge in [0.1, 0.15) is 13.1 Å². The molecule has 0 radical (unpaired) electrons. The largest absolute Gasteiger partial charge is 0.480 e. The summed E-state index contributed by atoms with van der Waals surface area (Å²) in [7, 11) is 0. The predicted octanol–water partition coefficient (Wildman–Crippen LogP) is -0.247. The second kappa shape index (κ2) is 5.81. The first-order valence-corrected chi connectivity index (χ1v) is 6.19. The topological polar surface area (TPSA) is 104 Å². The number of aliphatic carboxylic acids is 1. The zero-order chi connectivity index (χ0) is 14.6. The Kier molecular flexibility index (Phi) is 4.63. The van der Waals surface area contributed by atoms with Gasteiger partial charge in [-0.15, -0.1) is 0 Å². The van der Waals surface area contributed by atoms with Crippen LogP contribution in [-0.2, 0) is 19.2 Å². The van der Waals surface area contributed by atoms with E-state index < -0.39 is 30.4 Å². The molecule has 0 aliphatic carbocycles. The molecule has 0 aromatic carbocycles. The first kappa shape index (κ1) is 15.1. The summed E-state index contributed by atoms with van der Waals surface area (Å²) in [6.07, 6.45) is 1.20. The van der Waals surface area contributed by atoms with E-state index in [4.69, 9.17) is 5.11 Å². The Labute approximate surface area is 110 Å². The average molecular weight is 270 g/mol. The van der Waals surface area contributed by atoms with E-state index in [-0.39, 0.29) is 18.2 Å². The smallest absolute Gasteiger partial charge is 0.322 e. The van der Waals surface area contributed by atoms with E-state index in [0.29, 0.717) is 12.8 Å². The molecule has 2 N–H and O–H groups in total. The molecule has 7 nitrogen and oxygen atoms in total. The van der Waals surface area contributed by atoms with E-state index >= 15 is 0 Å². The van der Waals surface area contributed by atoms with Gasteiger partial charge in [0, 0.05) is 6.42 Å². The minimum absolute atomic E-state index is 0.116. The third-order valence-electron chi connectivity index (χ3n) is 3.58. The van der Waals surface area contributed by atoms with E-state index in [1.54, 1.807) is 0 Å². The van der Waals surface area contributed by atoms with Gasteiger partial charge in [0.05, 0.1) is 5.41 Å². The molecule has 0 unspecified atom stereocenters. The summed E-state index contributed by atoms with van der Waals surface area (Å²) in [6.45, 7) is 2.74. The Morgan fingerprint density at radius 1 is 1.32 bits per heavy atom. The van der Waals surface area contributed by atoms with Crippen molar-refractivity contribution < 1.29 is 24.3 Å². The Morgan fingerprint density at radius 3 is 2.32 bits per heavy atom. The first-order chi connectivity index (χ1) is 8.86. The fraction of sp³-hybridized carbons (Fsp3) is 0.667. The molecule has 106 valence electrons. The average Bonchev–Trinajstić information content (AvgIpc) is 2.61. The number of carbonyl (C=O) groups is 4. The fourth-order valence-corrected chi connectivity index (χ4v) is 2.20. The van der Waals surface area contributed by atoms with Gasteiger partial charge in [0.15, 0.2) is 0 Å². The van der Waals surface area contributed by atoms with Crippen molar-refractivity contribution in [3.8, 4) is 0 Å². The maximum atomic E-state index is 12.2. The molecule has 0 saturated carbocycles. The summed E-state index contributed by atoms with van der Waals surface area (Å²) in [5.41, 5.74) is -0.704. The van der Waals surface area contributed by atoms with Crippen molar-refractivity contribution in [1.82, 2.24) is 10.2 Å². The van der Waals surface area contributed by atoms with Gasteiger partial charge in [0.2, 0.25) is 17.7 Å². The lowest BCUT2D eigenvalue weighted by molar-refractivity contribution is -0.145. The lowest BCUT2D eigenvalue weighted by Crippen LogP contribution is -2.43. The quantitative estimate of drug-likeness (QED) is 0.648. The number of nitrogens with one attached hydrogen (secondary N) is 1. The van der Waals surface area contributed by atoms with E-state index in [1.165, 1.54) is 0 Å². The molecule has 1 heterocycles. The number of rotatable bonds is 6. The second-order valence-corrected chi connectivity index (χ2v) is 4.62. The molecular weight excluding hydrogens is 252 g/mol. The molecule has 19 heavy (non-hydrogen) atoms. The Bertz CT molecular complexity index is 414. The SMILES string of the molecule is CCC1(CC)CC(=O)N(CC(=O)NCC(=O)O)C1=O. The first-order valence-electron chi connectivity index (χ1n) is 6.19. The van der Waals surface area contributed by atoms with Crippen molar-refractivity contribution in [1.29, 1.82) is 0 Å². The van der Waals surface area contributed by atoms with Gasteiger partial charge in [-0.05, 0) is 12.8 Å². The van der Waals surface area contributed by atoms with Crippen molar-refractivity contribution in [3.05, 3.63) is 0 Å². The highest BCUT2D eigenvalue weighted by molar-refractivity contribution is 6.08. The Hall–Kier alpha value is -1.92. The van der Waals surface area contributed by atoms with Crippen LogP contribution in [0.25, 0.3) is 0 Å². The van der Waals surface area contributed by atoms with Gasteiger partial charge >= 0.3 is 5.97 Å². The van der Waals surface area contributed by atoms with Crippen molar-refractivity contribution in [2.75, 3.05) is 13.1 Å². The number of imide groups is 1. The summed E-state index contributed by atoms with van der Waals surface area (Å²) in [5.74, 6) is -2.54. The maximum Gasteiger partial charge on any atom is 0.322 e. The summed E-state index contributed by atoms with van der Waals surface area (Å²) in [5, 5.41) is 10.6. The zero-order valence-corrected chi connectivity index (χ0v) is 11.1. The van der Waals surface area contributed by atoms with Gasteiger partial charge in [-0.2, -0.15) is 0 Å². The van der Waals surface area contributed by atoms with Crippen LogP contribution in [0.15, 0.2) is 0 Å². The highest BCUT2D eigenvalue weighted by Crippen LogP contribution is 2.38. The van der Waals surface area contributed by atoms with E-state index in [9.17, 15) is 19.2 Å². The maximum absolute atomic E-state index is 12.2. The van der Waals surface area contributed by atoms with Crippen molar-refractivity contribution in [2.45, 2.75) is 33.1 Å². The number of nitrogens with zero attached hydrogens (tertiary/aromatic N) is 1. The fourth-order valence-electron chi connectivity index (χ4n) is 2.20. The summed E-state index contributed by atoms with van der Waals surface area (Å²) in [4.78, 5) is 46.7. The molecule has 0 bridgehead atoms. The van der Waals surface area contributed by atoms with Crippen LogP contribution in [0.3, 0.4) is 0 Å². The molecule has 0 atom stereocenters. The van der Waals surface area contributed by atoms with Gasteiger partial charge in [-0.3, -0.25) is 24.1 Å². The van der Waals surface area contributed by atoms with Crippen LogP contribution in [0.4, 0.5) is 0 Å². The number of carboxylic acids is 1. The summed E-state index contributed by atoms with van der Waals surface area (Å²) < 4.78 is 0. The molecule has 0 aromatic heterocycles. The van der Waals surface area contributed by atoms with Crippen LogP contribution in [0.5, 0.6) is 0 Å². The van der Waals surface area contributed by atoms with Crippen molar-refractivity contribution in [2.24, 2.45) is 5.41 Å². The van der Waals surface area contributed by atoms with Gasteiger partial charge in [0.25, 0.3) is 0 Å². The highest BCUT2D eigenvalue weighted by atomic mass is 16.4. The van der Waals surface area contributed by atoms with Gasteiger partial charge in [-0.25, -0.2) is 0 Å². The molecule has 1 fully saturated rings. The minimum Gasteiger partial charge on any atom is -0.480 e. The van der Waals surface area contributed by atoms with E-state index in [2.05, 4.69) is 5.32 Å². The van der Waals surface area contributed by atoms with Crippen LogP contribution in [0, 0.1) is 5.41 Å². The van der Waals surface area contributed by atoms with E-state index in [0.717, 1.165) is 4.90 Å². The summed E-state index contributed by atoms with van der Waals surface area (Å²) >= 11 is 0. The molecule has 1 rings (SSSR count). The van der Waals surface area contributed by atoms with Gasteiger partial charge < -0.3 is 10.4 Å². The molecule has 1 aliphatic rings. The molecule has 1 aliphatic heterocycles.